The van der Waals surface area contributed by atoms with Gasteiger partial charge in [-0.25, -0.2) is 0 Å². The van der Waals surface area contributed by atoms with Crippen LogP contribution in [-0.2, 0) is 16.2 Å². The standard InChI is InChI=1S/C26H34Cl2O2/c1-24(2,3)18-12-16(27)14-20(22(18)29)26(10-8-7-9-11-26)21-15-17(28)13-19(23(21)30)25(4,5)6/h12-15,29-30H,7-11H2,1-6H3. The van der Waals surface area contributed by atoms with Crippen molar-refractivity contribution in [2.75, 3.05) is 0 Å². The van der Waals surface area contributed by atoms with E-state index in [2.05, 4.69) is 41.5 Å². The molecule has 0 saturated heterocycles. The number of rotatable bonds is 2. The number of phenolic OH excluding ortho intramolecular Hbond substituents is 2. The number of halogens is 2. The number of benzene rings is 2. The first-order chi connectivity index (χ1) is 13.8. The molecule has 0 heterocycles. The van der Waals surface area contributed by atoms with E-state index in [0.29, 0.717) is 10.0 Å². The van der Waals surface area contributed by atoms with Gasteiger partial charge < -0.3 is 10.2 Å². The van der Waals surface area contributed by atoms with Crippen molar-refractivity contribution >= 4 is 23.2 Å². The van der Waals surface area contributed by atoms with Crippen LogP contribution in [0.1, 0.15) is 95.9 Å². The van der Waals surface area contributed by atoms with E-state index >= 15 is 0 Å². The van der Waals surface area contributed by atoms with Crippen molar-refractivity contribution in [2.24, 2.45) is 0 Å². The molecule has 30 heavy (non-hydrogen) atoms. The molecule has 0 bridgehead atoms. The fraction of sp³-hybridized carbons (Fsp3) is 0.538. The fourth-order valence-electron chi connectivity index (χ4n) is 4.91. The van der Waals surface area contributed by atoms with Gasteiger partial charge in [0.05, 0.1) is 0 Å². The molecule has 0 atom stereocenters. The van der Waals surface area contributed by atoms with Gasteiger partial charge in [0.25, 0.3) is 0 Å². The second kappa shape index (κ2) is 7.95. The van der Waals surface area contributed by atoms with E-state index in [1.165, 1.54) is 0 Å². The Labute approximate surface area is 191 Å². The molecule has 1 aliphatic carbocycles. The predicted molar refractivity (Wildman–Crippen MR) is 127 cm³/mol. The topological polar surface area (TPSA) is 40.5 Å². The van der Waals surface area contributed by atoms with Crippen molar-refractivity contribution in [3.63, 3.8) is 0 Å². The van der Waals surface area contributed by atoms with Gasteiger partial charge in [-0.2, -0.15) is 0 Å². The van der Waals surface area contributed by atoms with Gasteiger partial charge in [-0.1, -0.05) is 84.0 Å². The molecular weight excluding hydrogens is 415 g/mol. The van der Waals surface area contributed by atoms with Crippen LogP contribution < -0.4 is 0 Å². The maximum atomic E-state index is 11.4. The lowest BCUT2D eigenvalue weighted by Gasteiger charge is -2.41. The largest absolute Gasteiger partial charge is 0.507 e. The highest BCUT2D eigenvalue weighted by molar-refractivity contribution is 6.31. The van der Waals surface area contributed by atoms with Crippen molar-refractivity contribution < 1.29 is 10.2 Å². The van der Waals surface area contributed by atoms with E-state index in [1.807, 2.05) is 24.3 Å². The van der Waals surface area contributed by atoms with Crippen LogP contribution in [0.4, 0.5) is 0 Å². The first kappa shape index (κ1) is 23.3. The second-order valence-corrected chi connectivity index (χ2v) is 11.7. The van der Waals surface area contributed by atoms with Crippen LogP contribution >= 0.6 is 23.2 Å². The van der Waals surface area contributed by atoms with Crippen LogP contribution in [0, 0.1) is 0 Å². The summed E-state index contributed by atoms with van der Waals surface area (Å²) in [5, 5.41) is 24.1. The summed E-state index contributed by atoms with van der Waals surface area (Å²) in [6.07, 6.45) is 4.85. The molecular formula is C26H34Cl2O2. The molecule has 164 valence electrons. The summed E-state index contributed by atoms with van der Waals surface area (Å²) in [6, 6.07) is 7.48. The monoisotopic (exact) mass is 448 g/mol. The Bertz CT molecular complexity index is 871. The molecule has 2 aromatic rings. The Balaban J connectivity index is 2.38. The molecule has 0 aliphatic heterocycles. The lowest BCUT2D eigenvalue weighted by Crippen LogP contribution is -2.32. The zero-order chi connectivity index (χ0) is 22.5. The first-order valence-corrected chi connectivity index (χ1v) is 11.6. The second-order valence-electron chi connectivity index (χ2n) is 10.8. The summed E-state index contributed by atoms with van der Waals surface area (Å²) in [6.45, 7) is 12.4. The van der Waals surface area contributed by atoms with Gasteiger partial charge in [-0.15, -0.1) is 0 Å². The van der Waals surface area contributed by atoms with Gasteiger partial charge in [-0.05, 0) is 47.9 Å². The predicted octanol–water partition coefficient (Wildman–Crippen LogP) is 8.25. The zero-order valence-corrected chi connectivity index (χ0v) is 20.5. The van der Waals surface area contributed by atoms with Crippen LogP contribution in [-0.4, -0.2) is 10.2 Å². The molecule has 0 aromatic heterocycles. The molecule has 1 aliphatic rings. The van der Waals surface area contributed by atoms with Crippen LogP contribution in [0.25, 0.3) is 0 Å². The Kier molecular flexibility index (Phi) is 6.17. The average molecular weight is 449 g/mol. The van der Waals surface area contributed by atoms with E-state index in [1.54, 1.807) is 0 Å². The van der Waals surface area contributed by atoms with Crippen LogP contribution in [0.15, 0.2) is 24.3 Å². The van der Waals surface area contributed by atoms with Crippen molar-refractivity contribution in [1.82, 2.24) is 0 Å². The average Bonchev–Trinajstić information content (AvgIpc) is 2.63. The Morgan fingerprint density at radius 3 is 1.37 bits per heavy atom. The number of aromatic hydroxyl groups is 2. The summed E-state index contributed by atoms with van der Waals surface area (Å²) >= 11 is 13.1. The molecule has 2 aromatic carbocycles. The molecule has 3 rings (SSSR count). The molecule has 2 nitrogen and oxygen atoms in total. The lowest BCUT2D eigenvalue weighted by atomic mass is 9.63. The van der Waals surface area contributed by atoms with E-state index < -0.39 is 5.41 Å². The van der Waals surface area contributed by atoms with Crippen molar-refractivity contribution in [3.05, 3.63) is 56.6 Å². The molecule has 0 spiro atoms. The fourth-order valence-corrected chi connectivity index (χ4v) is 5.35. The summed E-state index contributed by atoms with van der Waals surface area (Å²) < 4.78 is 0. The molecule has 0 amide bonds. The van der Waals surface area contributed by atoms with E-state index in [4.69, 9.17) is 23.2 Å². The van der Waals surface area contributed by atoms with Crippen molar-refractivity contribution in [3.8, 4) is 11.5 Å². The van der Waals surface area contributed by atoms with Gasteiger partial charge >= 0.3 is 0 Å². The number of hydrogen-bond donors (Lipinski definition) is 2. The van der Waals surface area contributed by atoms with Crippen LogP contribution in [0.3, 0.4) is 0 Å². The SMILES string of the molecule is CC(C)(C)c1cc(Cl)cc(C2(c3cc(Cl)cc(C(C)(C)C)c3O)CCCCC2)c1O. The van der Waals surface area contributed by atoms with E-state index in [0.717, 1.165) is 54.4 Å². The minimum absolute atomic E-state index is 0.257. The molecule has 1 fully saturated rings. The first-order valence-electron chi connectivity index (χ1n) is 10.8. The third-order valence-electron chi connectivity index (χ3n) is 6.50. The molecule has 2 N–H and O–H groups in total. The van der Waals surface area contributed by atoms with Gasteiger partial charge in [-0.3, -0.25) is 0 Å². The maximum Gasteiger partial charge on any atom is 0.123 e. The number of hydrogen-bond acceptors (Lipinski definition) is 2. The highest BCUT2D eigenvalue weighted by Crippen LogP contribution is 2.54. The Morgan fingerprint density at radius 1 is 0.667 bits per heavy atom. The third-order valence-corrected chi connectivity index (χ3v) is 6.94. The zero-order valence-electron chi connectivity index (χ0n) is 19.0. The lowest BCUT2D eigenvalue weighted by molar-refractivity contribution is 0.317. The van der Waals surface area contributed by atoms with E-state index in [9.17, 15) is 10.2 Å². The van der Waals surface area contributed by atoms with E-state index in [-0.39, 0.29) is 22.3 Å². The highest BCUT2D eigenvalue weighted by Gasteiger charge is 2.42. The Morgan fingerprint density at radius 2 is 1.03 bits per heavy atom. The normalized spacial score (nSPS) is 17.2. The summed E-state index contributed by atoms with van der Waals surface area (Å²) in [7, 11) is 0. The minimum atomic E-state index is -0.526. The van der Waals surface area contributed by atoms with Gasteiger partial charge in [0.2, 0.25) is 0 Å². The summed E-state index contributed by atoms with van der Waals surface area (Å²) in [5.74, 6) is 0.566. The summed E-state index contributed by atoms with van der Waals surface area (Å²) in [5.41, 5.74) is 2.22. The van der Waals surface area contributed by atoms with Crippen molar-refractivity contribution in [1.29, 1.82) is 0 Å². The molecule has 1 saturated carbocycles. The minimum Gasteiger partial charge on any atom is -0.507 e. The van der Waals surface area contributed by atoms with Crippen molar-refractivity contribution in [2.45, 2.75) is 89.9 Å². The molecule has 0 unspecified atom stereocenters. The van der Waals surface area contributed by atoms with Crippen LogP contribution in [0.2, 0.25) is 10.0 Å². The van der Waals surface area contributed by atoms with Crippen LogP contribution in [0.5, 0.6) is 11.5 Å². The van der Waals surface area contributed by atoms with Gasteiger partial charge in [0.15, 0.2) is 0 Å². The maximum absolute atomic E-state index is 11.4. The molecule has 0 radical (unpaired) electrons. The smallest absolute Gasteiger partial charge is 0.123 e. The Hall–Kier alpha value is -1.38. The molecule has 4 heteroatoms. The van der Waals surface area contributed by atoms with Gasteiger partial charge in [0.1, 0.15) is 11.5 Å². The summed E-state index contributed by atoms with van der Waals surface area (Å²) in [4.78, 5) is 0. The number of phenols is 2. The quantitative estimate of drug-likeness (QED) is 0.485. The van der Waals surface area contributed by atoms with Gasteiger partial charge in [0, 0.05) is 37.7 Å². The third kappa shape index (κ3) is 4.18. The highest BCUT2D eigenvalue weighted by atomic mass is 35.5.